The van der Waals surface area contributed by atoms with E-state index in [4.69, 9.17) is 9.94 Å². The Kier molecular flexibility index (Phi) is 3.45. The largest absolute Gasteiger partial charge is 0.411 e. The fourth-order valence-electron chi connectivity index (χ4n) is 1.76. The lowest BCUT2D eigenvalue weighted by atomic mass is 9.96. The van der Waals surface area contributed by atoms with Crippen molar-refractivity contribution in [1.29, 1.82) is 0 Å². The smallest absolute Gasteiger partial charge is 0.200 e. The molecule has 1 saturated carbocycles. The van der Waals surface area contributed by atoms with Crippen LogP contribution in [0.4, 0.5) is 0 Å². The van der Waals surface area contributed by atoms with Crippen LogP contribution in [-0.2, 0) is 18.4 Å². The molecule has 0 radical (unpaired) electrons. The Morgan fingerprint density at radius 3 is 2.81 bits per heavy atom. The summed E-state index contributed by atoms with van der Waals surface area (Å²) < 4.78 is 5.66. The Balaban J connectivity index is 1.75. The molecule has 1 aromatic rings. The third kappa shape index (κ3) is 2.75. The predicted molar refractivity (Wildman–Crippen MR) is 55.1 cm³/mol. The van der Waals surface area contributed by atoms with Crippen LogP contribution in [0.25, 0.3) is 0 Å². The van der Waals surface area contributed by atoms with Crippen LogP contribution in [0.3, 0.4) is 0 Å². The number of aromatic nitrogens is 4. The van der Waals surface area contributed by atoms with Gasteiger partial charge in [-0.15, -0.1) is 10.2 Å². The third-order valence-corrected chi connectivity index (χ3v) is 2.65. The molecule has 0 amide bonds. The van der Waals surface area contributed by atoms with Crippen LogP contribution in [0.15, 0.2) is 5.16 Å². The number of aryl methyl sites for hydroxylation is 1. The van der Waals surface area contributed by atoms with Crippen LogP contribution >= 0.6 is 0 Å². The number of hydrogen-bond donors (Lipinski definition) is 1. The van der Waals surface area contributed by atoms with Gasteiger partial charge in [-0.1, -0.05) is 5.16 Å². The van der Waals surface area contributed by atoms with Crippen LogP contribution in [0.5, 0.6) is 0 Å². The normalized spacial score (nSPS) is 21.1. The molecule has 1 aromatic heterocycles. The zero-order chi connectivity index (χ0) is 11.4. The molecule has 0 aliphatic heterocycles. The quantitative estimate of drug-likeness (QED) is 0.598. The molecule has 2 rings (SSSR count). The molecule has 0 atom stereocenters. The first kappa shape index (κ1) is 11.0. The first-order valence-corrected chi connectivity index (χ1v) is 5.32. The molecule has 88 valence electrons. The fourth-order valence-corrected chi connectivity index (χ4v) is 1.76. The molecule has 0 bridgehead atoms. The molecule has 1 fully saturated rings. The van der Waals surface area contributed by atoms with Crippen molar-refractivity contribution in [3.05, 3.63) is 5.82 Å². The summed E-state index contributed by atoms with van der Waals surface area (Å²) in [6, 6.07) is 0. The predicted octanol–water partition coefficient (Wildman–Crippen LogP) is 0.499. The summed E-state index contributed by atoms with van der Waals surface area (Å²) in [6.07, 6.45) is 3.58. The van der Waals surface area contributed by atoms with E-state index in [-0.39, 0.29) is 6.10 Å². The third-order valence-electron chi connectivity index (χ3n) is 2.65. The topological polar surface area (TPSA) is 85.4 Å². The lowest BCUT2D eigenvalue weighted by Gasteiger charge is -2.21. The van der Waals surface area contributed by atoms with Crippen LogP contribution in [0.1, 0.15) is 31.5 Å². The van der Waals surface area contributed by atoms with Crippen LogP contribution in [0.2, 0.25) is 0 Å². The van der Waals surface area contributed by atoms with Crippen molar-refractivity contribution in [1.82, 2.24) is 20.2 Å². The van der Waals surface area contributed by atoms with Crippen molar-refractivity contribution in [2.45, 2.75) is 38.4 Å². The summed E-state index contributed by atoms with van der Waals surface area (Å²) in [5.41, 5.74) is 0.859. The average molecular weight is 225 g/mol. The fraction of sp³-hybridized carbons (Fsp3) is 0.778. The molecule has 0 saturated heterocycles. The highest BCUT2D eigenvalue weighted by atomic mass is 16.5. The number of tetrazole rings is 1. The van der Waals surface area contributed by atoms with Crippen LogP contribution < -0.4 is 0 Å². The zero-order valence-corrected chi connectivity index (χ0v) is 9.20. The van der Waals surface area contributed by atoms with Gasteiger partial charge in [-0.25, -0.2) is 0 Å². The monoisotopic (exact) mass is 225 g/mol. The highest BCUT2D eigenvalue weighted by molar-refractivity contribution is 5.84. The van der Waals surface area contributed by atoms with E-state index in [1.54, 1.807) is 7.05 Å². The van der Waals surface area contributed by atoms with Gasteiger partial charge < -0.3 is 9.94 Å². The Bertz CT molecular complexity index is 366. The molecule has 1 N–H and O–H groups in total. The maximum atomic E-state index is 8.60. The standard InChI is InChI=1S/C9H15N5O2/c1-14-11-9(10-13-14)6-16-8-4-2-7(12-15)3-5-8/h8,15H,2-6H2,1H3. The summed E-state index contributed by atoms with van der Waals surface area (Å²) >= 11 is 0. The van der Waals surface area contributed by atoms with Gasteiger partial charge in [0.15, 0.2) is 5.82 Å². The number of nitrogens with zero attached hydrogens (tertiary/aromatic N) is 5. The molecule has 16 heavy (non-hydrogen) atoms. The van der Waals surface area contributed by atoms with Crippen molar-refractivity contribution in [3.8, 4) is 0 Å². The second-order valence-corrected chi connectivity index (χ2v) is 3.87. The molecule has 1 aliphatic rings. The number of oxime groups is 1. The minimum atomic E-state index is 0.203. The van der Waals surface area contributed by atoms with Crippen molar-refractivity contribution in [2.24, 2.45) is 12.2 Å². The van der Waals surface area contributed by atoms with E-state index in [2.05, 4.69) is 20.6 Å². The molecule has 0 spiro atoms. The van der Waals surface area contributed by atoms with Crippen molar-refractivity contribution < 1.29 is 9.94 Å². The van der Waals surface area contributed by atoms with Crippen LogP contribution in [0, 0.1) is 0 Å². The van der Waals surface area contributed by atoms with Gasteiger partial charge in [-0.3, -0.25) is 0 Å². The molecule has 7 nitrogen and oxygen atoms in total. The minimum Gasteiger partial charge on any atom is -0.411 e. The van der Waals surface area contributed by atoms with Crippen LogP contribution in [-0.4, -0.2) is 37.2 Å². The zero-order valence-electron chi connectivity index (χ0n) is 9.20. The van der Waals surface area contributed by atoms with E-state index < -0.39 is 0 Å². The average Bonchev–Trinajstić information content (AvgIpc) is 2.73. The van der Waals surface area contributed by atoms with E-state index in [0.29, 0.717) is 12.4 Å². The molecular weight excluding hydrogens is 210 g/mol. The van der Waals surface area contributed by atoms with Gasteiger partial charge in [-0.2, -0.15) is 4.80 Å². The Morgan fingerprint density at radius 1 is 1.50 bits per heavy atom. The van der Waals surface area contributed by atoms with Crippen molar-refractivity contribution >= 4 is 5.71 Å². The highest BCUT2D eigenvalue weighted by Gasteiger charge is 2.18. The van der Waals surface area contributed by atoms with Gasteiger partial charge >= 0.3 is 0 Å². The molecule has 7 heteroatoms. The Morgan fingerprint density at radius 2 is 2.25 bits per heavy atom. The number of hydrogen-bond acceptors (Lipinski definition) is 6. The van der Waals surface area contributed by atoms with E-state index in [9.17, 15) is 0 Å². The summed E-state index contributed by atoms with van der Waals surface area (Å²) in [5.74, 6) is 0.601. The van der Waals surface area contributed by atoms with Crippen molar-refractivity contribution in [3.63, 3.8) is 0 Å². The Labute approximate surface area is 93.1 Å². The number of rotatable bonds is 3. The summed E-state index contributed by atoms with van der Waals surface area (Å²) in [6.45, 7) is 0.393. The molecule has 1 aliphatic carbocycles. The van der Waals surface area contributed by atoms with Gasteiger partial charge in [0.1, 0.15) is 6.61 Å². The molecule has 0 aromatic carbocycles. The number of ether oxygens (including phenoxy) is 1. The lowest BCUT2D eigenvalue weighted by molar-refractivity contribution is 0.0240. The van der Waals surface area contributed by atoms with Gasteiger partial charge in [0.05, 0.1) is 18.9 Å². The van der Waals surface area contributed by atoms with E-state index >= 15 is 0 Å². The molecule has 1 heterocycles. The SMILES string of the molecule is Cn1nnc(COC2CCC(=NO)CC2)n1. The van der Waals surface area contributed by atoms with E-state index in [0.717, 1.165) is 31.4 Å². The summed E-state index contributed by atoms with van der Waals surface area (Å²) in [7, 11) is 1.72. The first-order valence-electron chi connectivity index (χ1n) is 5.32. The summed E-state index contributed by atoms with van der Waals surface area (Å²) in [5, 5.41) is 23.4. The van der Waals surface area contributed by atoms with E-state index in [1.807, 2.05) is 0 Å². The van der Waals surface area contributed by atoms with Gasteiger partial charge in [0.2, 0.25) is 0 Å². The Hall–Kier alpha value is -1.50. The van der Waals surface area contributed by atoms with Gasteiger partial charge in [-0.05, 0) is 30.9 Å². The van der Waals surface area contributed by atoms with E-state index in [1.165, 1.54) is 4.80 Å². The second-order valence-electron chi connectivity index (χ2n) is 3.87. The maximum Gasteiger partial charge on any atom is 0.200 e. The minimum absolute atomic E-state index is 0.203. The lowest BCUT2D eigenvalue weighted by Crippen LogP contribution is -2.21. The van der Waals surface area contributed by atoms with Gasteiger partial charge in [0.25, 0.3) is 0 Å². The maximum absolute atomic E-state index is 8.60. The molecule has 0 unspecified atom stereocenters. The summed E-state index contributed by atoms with van der Waals surface area (Å²) in [4.78, 5) is 1.41. The first-order chi connectivity index (χ1) is 7.78. The second kappa shape index (κ2) is 5.02. The molecular formula is C9H15N5O2. The van der Waals surface area contributed by atoms with Gasteiger partial charge in [0, 0.05) is 0 Å². The highest BCUT2D eigenvalue weighted by Crippen LogP contribution is 2.19. The van der Waals surface area contributed by atoms with Crippen molar-refractivity contribution in [2.75, 3.05) is 0 Å².